The molecule has 25 heavy (non-hydrogen) atoms. The number of carbonyl (C=O) groups excluding carboxylic acids is 1. The van der Waals surface area contributed by atoms with Crippen LogP contribution in [0.1, 0.15) is 47.3 Å². The second-order valence-corrected chi connectivity index (χ2v) is 6.71. The normalized spacial score (nSPS) is 14.8. The lowest BCUT2D eigenvalue weighted by Gasteiger charge is -2.17. The summed E-state index contributed by atoms with van der Waals surface area (Å²) in [4.78, 5) is 12.5. The minimum absolute atomic E-state index is 0.230. The van der Waals surface area contributed by atoms with Crippen LogP contribution < -0.4 is 15.8 Å². The maximum Gasteiger partial charge on any atom is 0.252 e. The van der Waals surface area contributed by atoms with Crippen molar-refractivity contribution in [1.82, 2.24) is 5.32 Å². The van der Waals surface area contributed by atoms with E-state index in [9.17, 15) is 9.18 Å². The van der Waals surface area contributed by atoms with Crippen molar-refractivity contribution < 1.29 is 13.9 Å². The molecule has 1 saturated carbocycles. The summed E-state index contributed by atoms with van der Waals surface area (Å²) >= 11 is 0. The molecule has 0 spiro atoms. The van der Waals surface area contributed by atoms with Crippen LogP contribution in [0.2, 0.25) is 0 Å². The van der Waals surface area contributed by atoms with E-state index in [0.717, 1.165) is 18.4 Å². The van der Waals surface area contributed by atoms with Crippen LogP contribution >= 0.6 is 0 Å². The number of carbonyl (C=O) groups is 1. The molecule has 1 aliphatic carbocycles. The molecule has 2 aromatic rings. The molecule has 0 bridgehead atoms. The Labute approximate surface area is 147 Å². The fourth-order valence-electron chi connectivity index (χ4n) is 2.64. The van der Waals surface area contributed by atoms with Crippen LogP contribution in [-0.2, 0) is 0 Å². The topological polar surface area (TPSA) is 64.4 Å². The molecule has 0 radical (unpaired) electrons. The van der Waals surface area contributed by atoms with E-state index in [1.54, 1.807) is 30.3 Å². The zero-order valence-corrected chi connectivity index (χ0v) is 14.5. The monoisotopic (exact) mass is 342 g/mol. The number of amides is 1. The molecule has 4 nitrogen and oxygen atoms in total. The largest absolute Gasteiger partial charge is 0.490 e. The Hall–Kier alpha value is -2.56. The quantitative estimate of drug-likeness (QED) is 0.780. The van der Waals surface area contributed by atoms with E-state index in [2.05, 4.69) is 5.32 Å². The highest BCUT2D eigenvalue weighted by Gasteiger charge is 2.22. The summed E-state index contributed by atoms with van der Waals surface area (Å²) in [7, 11) is 0. The first-order valence-electron chi connectivity index (χ1n) is 8.53. The summed E-state index contributed by atoms with van der Waals surface area (Å²) < 4.78 is 19.7. The molecule has 1 amide bonds. The molecule has 1 fully saturated rings. The Morgan fingerprint density at radius 1 is 1.32 bits per heavy atom. The van der Waals surface area contributed by atoms with Gasteiger partial charge in [0.05, 0.1) is 12.6 Å². The van der Waals surface area contributed by atoms with Gasteiger partial charge >= 0.3 is 0 Å². The van der Waals surface area contributed by atoms with E-state index in [4.69, 9.17) is 10.5 Å². The van der Waals surface area contributed by atoms with Crippen LogP contribution in [0.3, 0.4) is 0 Å². The van der Waals surface area contributed by atoms with Gasteiger partial charge in [0.15, 0.2) is 11.6 Å². The maximum atomic E-state index is 14.2. The van der Waals surface area contributed by atoms with Crippen LogP contribution in [0.25, 0.3) is 0 Å². The Bertz CT molecular complexity index is 787. The first-order chi connectivity index (χ1) is 11.9. The third-order valence-corrected chi connectivity index (χ3v) is 4.48. The van der Waals surface area contributed by atoms with Crippen molar-refractivity contribution in [3.63, 3.8) is 0 Å². The minimum Gasteiger partial charge on any atom is -0.490 e. The molecule has 1 unspecified atom stereocenters. The first-order valence-corrected chi connectivity index (χ1v) is 8.53. The van der Waals surface area contributed by atoms with Crippen molar-refractivity contribution in [3.05, 3.63) is 58.9 Å². The van der Waals surface area contributed by atoms with Gasteiger partial charge in [-0.05, 0) is 68.0 Å². The van der Waals surface area contributed by atoms with Crippen molar-refractivity contribution >= 4 is 11.6 Å². The summed E-state index contributed by atoms with van der Waals surface area (Å²) in [6.45, 7) is 4.24. The summed E-state index contributed by atoms with van der Waals surface area (Å²) in [6, 6.07) is 9.70. The molecule has 0 aliphatic heterocycles. The molecule has 0 heterocycles. The van der Waals surface area contributed by atoms with Gasteiger partial charge in [0.25, 0.3) is 5.91 Å². The first kappa shape index (κ1) is 17.3. The van der Waals surface area contributed by atoms with Crippen LogP contribution in [0.5, 0.6) is 5.75 Å². The number of hydrogen-bond acceptors (Lipinski definition) is 3. The summed E-state index contributed by atoms with van der Waals surface area (Å²) in [5, 5.41) is 2.89. The van der Waals surface area contributed by atoms with Crippen molar-refractivity contribution in [2.24, 2.45) is 5.92 Å². The number of anilines is 1. The number of halogens is 1. The van der Waals surface area contributed by atoms with Gasteiger partial charge in [0, 0.05) is 11.3 Å². The number of ether oxygens (including phenoxy) is 1. The molecule has 3 N–H and O–H groups in total. The molecule has 0 saturated heterocycles. The third-order valence-electron chi connectivity index (χ3n) is 4.48. The van der Waals surface area contributed by atoms with Gasteiger partial charge in [-0.15, -0.1) is 0 Å². The molecule has 0 aromatic heterocycles. The van der Waals surface area contributed by atoms with Crippen molar-refractivity contribution in [1.29, 1.82) is 0 Å². The fraction of sp³-hybridized carbons (Fsp3) is 0.350. The van der Waals surface area contributed by atoms with E-state index in [-0.39, 0.29) is 17.7 Å². The third kappa shape index (κ3) is 4.29. The molecule has 132 valence electrons. The second kappa shape index (κ2) is 7.13. The number of nitrogens with two attached hydrogens (primary N) is 1. The van der Waals surface area contributed by atoms with Gasteiger partial charge in [-0.25, -0.2) is 4.39 Å². The smallest absolute Gasteiger partial charge is 0.252 e. The van der Waals surface area contributed by atoms with Gasteiger partial charge in [-0.2, -0.15) is 0 Å². The van der Waals surface area contributed by atoms with Gasteiger partial charge in [0.1, 0.15) is 0 Å². The molecular weight excluding hydrogens is 319 g/mol. The lowest BCUT2D eigenvalue weighted by Crippen LogP contribution is -2.27. The lowest BCUT2D eigenvalue weighted by atomic mass is 10.0. The van der Waals surface area contributed by atoms with Crippen LogP contribution in [-0.4, -0.2) is 12.5 Å². The lowest BCUT2D eigenvalue weighted by molar-refractivity contribution is 0.0939. The Kier molecular flexibility index (Phi) is 4.93. The Morgan fingerprint density at radius 3 is 2.76 bits per heavy atom. The zero-order valence-electron chi connectivity index (χ0n) is 14.5. The van der Waals surface area contributed by atoms with Gasteiger partial charge in [0.2, 0.25) is 0 Å². The van der Waals surface area contributed by atoms with Crippen molar-refractivity contribution in [2.45, 2.75) is 32.7 Å². The highest BCUT2D eigenvalue weighted by atomic mass is 19.1. The summed E-state index contributed by atoms with van der Waals surface area (Å²) in [5.41, 5.74) is 8.34. The zero-order chi connectivity index (χ0) is 18.0. The number of benzene rings is 2. The summed E-state index contributed by atoms with van der Waals surface area (Å²) in [6.07, 6.45) is 2.32. The van der Waals surface area contributed by atoms with E-state index in [1.807, 2.05) is 13.8 Å². The maximum absolute atomic E-state index is 14.2. The number of aryl methyl sites for hydroxylation is 1. The van der Waals surface area contributed by atoms with Crippen LogP contribution in [0, 0.1) is 18.7 Å². The van der Waals surface area contributed by atoms with E-state index < -0.39 is 5.82 Å². The molecule has 2 aromatic carbocycles. The van der Waals surface area contributed by atoms with Crippen LogP contribution in [0.4, 0.5) is 10.1 Å². The second-order valence-electron chi connectivity index (χ2n) is 6.71. The molecule has 5 heteroatoms. The number of hydrogen-bond donors (Lipinski definition) is 2. The highest BCUT2D eigenvalue weighted by Crippen LogP contribution is 2.30. The molecule has 1 atom stereocenters. The van der Waals surface area contributed by atoms with E-state index >= 15 is 0 Å². The highest BCUT2D eigenvalue weighted by molar-refractivity contribution is 5.96. The predicted octanol–water partition coefficient (Wildman–Crippen LogP) is 4.00. The van der Waals surface area contributed by atoms with E-state index in [1.165, 1.54) is 6.07 Å². The molecular formula is C20H23FN2O2. The summed E-state index contributed by atoms with van der Waals surface area (Å²) in [5.74, 6) is 0.200. The number of nitrogen functional groups attached to an aromatic ring is 1. The van der Waals surface area contributed by atoms with Gasteiger partial charge in [-0.1, -0.05) is 12.1 Å². The fourth-order valence-corrected chi connectivity index (χ4v) is 2.64. The van der Waals surface area contributed by atoms with Crippen molar-refractivity contribution in [3.8, 4) is 5.75 Å². The number of nitrogens with one attached hydrogen (secondary N) is 1. The number of rotatable bonds is 6. The molecule has 3 rings (SSSR count). The molecule has 1 aliphatic rings. The Morgan fingerprint density at radius 2 is 2.08 bits per heavy atom. The Balaban J connectivity index is 1.67. The van der Waals surface area contributed by atoms with Gasteiger partial charge < -0.3 is 15.8 Å². The average Bonchev–Trinajstić information content (AvgIpc) is 3.40. The SMILES string of the molecule is Cc1ccc(N)cc1C(=O)NC(C)c1ccc(OCC2CC2)c(F)c1. The van der Waals surface area contributed by atoms with Gasteiger partial charge in [-0.3, -0.25) is 4.79 Å². The standard InChI is InChI=1S/C20H23FN2O2/c1-12-3-7-16(22)10-17(12)20(24)23-13(2)15-6-8-19(18(21)9-15)25-11-14-4-5-14/h3,6-10,13-14H,4-5,11,22H2,1-2H3,(H,23,24). The van der Waals surface area contributed by atoms with Crippen molar-refractivity contribution in [2.75, 3.05) is 12.3 Å². The van der Waals surface area contributed by atoms with Crippen LogP contribution in [0.15, 0.2) is 36.4 Å². The van der Waals surface area contributed by atoms with E-state index in [0.29, 0.717) is 29.3 Å². The average molecular weight is 342 g/mol. The predicted molar refractivity (Wildman–Crippen MR) is 96.1 cm³/mol. The minimum atomic E-state index is -0.403.